The first-order valence-corrected chi connectivity index (χ1v) is 9.74. The van der Waals surface area contributed by atoms with Crippen LogP contribution in [0.2, 0.25) is 0 Å². The average Bonchev–Trinajstić information content (AvgIpc) is 2.86. The van der Waals surface area contributed by atoms with Crippen LogP contribution in [0.4, 0.5) is 0 Å². The van der Waals surface area contributed by atoms with E-state index in [2.05, 4.69) is 33.1 Å². The molecule has 1 heterocycles. The van der Waals surface area contributed by atoms with Gasteiger partial charge in [0.2, 0.25) is 5.91 Å². The maximum atomic E-state index is 12.1. The largest absolute Gasteiger partial charge is 0.318 e. The summed E-state index contributed by atoms with van der Waals surface area (Å²) in [4.78, 5) is 18.3. The SMILES string of the molecule is Cn1c(=NC(=O)CCSc2ccccc2)sc2cccc(Br)c21. The van der Waals surface area contributed by atoms with Crippen molar-refractivity contribution < 1.29 is 4.79 Å². The molecule has 0 fully saturated rings. The number of fused-ring (bicyclic) bond motifs is 1. The van der Waals surface area contributed by atoms with Gasteiger partial charge in [0.1, 0.15) is 0 Å². The Morgan fingerprint density at radius 1 is 1.22 bits per heavy atom. The number of thiazole rings is 1. The van der Waals surface area contributed by atoms with Gasteiger partial charge in [-0.05, 0) is 40.2 Å². The minimum Gasteiger partial charge on any atom is -0.318 e. The molecule has 0 N–H and O–H groups in total. The summed E-state index contributed by atoms with van der Waals surface area (Å²) in [6.07, 6.45) is 0.439. The summed E-state index contributed by atoms with van der Waals surface area (Å²) >= 11 is 6.77. The fraction of sp³-hybridized carbons (Fsp3) is 0.176. The van der Waals surface area contributed by atoms with E-state index in [9.17, 15) is 4.79 Å². The number of amides is 1. The molecule has 0 spiro atoms. The third-order valence-electron chi connectivity index (χ3n) is 3.32. The maximum absolute atomic E-state index is 12.1. The molecule has 23 heavy (non-hydrogen) atoms. The maximum Gasteiger partial charge on any atom is 0.249 e. The van der Waals surface area contributed by atoms with Crippen LogP contribution in [0, 0.1) is 0 Å². The molecule has 1 amide bonds. The van der Waals surface area contributed by atoms with E-state index in [-0.39, 0.29) is 5.91 Å². The zero-order valence-electron chi connectivity index (χ0n) is 12.5. The quantitative estimate of drug-likeness (QED) is 0.592. The lowest BCUT2D eigenvalue weighted by molar-refractivity contribution is -0.117. The molecule has 1 aromatic heterocycles. The smallest absolute Gasteiger partial charge is 0.249 e. The van der Waals surface area contributed by atoms with Gasteiger partial charge in [-0.2, -0.15) is 4.99 Å². The average molecular weight is 407 g/mol. The molecular formula is C17H15BrN2OS2. The number of carbonyl (C=O) groups excluding carboxylic acids is 1. The number of aromatic nitrogens is 1. The van der Waals surface area contributed by atoms with Crippen molar-refractivity contribution in [3.05, 3.63) is 57.8 Å². The second-order valence-corrected chi connectivity index (χ2v) is 7.98. The second kappa shape index (κ2) is 7.47. The van der Waals surface area contributed by atoms with Crippen molar-refractivity contribution in [3.8, 4) is 0 Å². The first-order valence-electron chi connectivity index (χ1n) is 7.14. The van der Waals surface area contributed by atoms with Gasteiger partial charge in [0, 0.05) is 28.6 Å². The van der Waals surface area contributed by atoms with Crippen molar-refractivity contribution in [2.24, 2.45) is 12.0 Å². The number of rotatable bonds is 4. The number of aryl methyl sites for hydroxylation is 1. The van der Waals surface area contributed by atoms with Crippen molar-refractivity contribution in [1.29, 1.82) is 0 Å². The number of hydrogen-bond donors (Lipinski definition) is 0. The molecule has 0 radical (unpaired) electrons. The lowest BCUT2D eigenvalue weighted by Gasteiger charge is -1.99. The number of nitrogens with zero attached hydrogens (tertiary/aromatic N) is 2. The van der Waals surface area contributed by atoms with Gasteiger partial charge in [-0.25, -0.2) is 0 Å². The summed E-state index contributed by atoms with van der Waals surface area (Å²) in [6, 6.07) is 16.1. The third-order valence-corrected chi connectivity index (χ3v) is 6.07. The van der Waals surface area contributed by atoms with Gasteiger partial charge < -0.3 is 4.57 Å². The number of para-hydroxylation sites is 1. The number of hydrogen-bond acceptors (Lipinski definition) is 3. The van der Waals surface area contributed by atoms with Crippen LogP contribution in [-0.2, 0) is 11.8 Å². The van der Waals surface area contributed by atoms with E-state index in [1.54, 1.807) is 11.8 Å². The summed E-state index contributed by atoms with van der Waals surface area (Å²) in [6.45, 7) is 0. The van der Waals surface area contributed by atoms with Crippen molar-refractivity contribution in [2.75, 3.05) is 5.75 Å². The van der Waals surface area contributed by atoms with E-state index in [0.717, 1.165) is 25.2 Å². The van der Waals surface area contributed by atoms with Crippen molar-refractivity contribution >= 4 is 55.2 Å². The predicted octanol–water partition coefficient (Wildman–Crippen LogP) is 4.61. The lowest BCUT2D eigenvalue weighted by Crippen LogP contribution is -2.13. The van der Waals surface area contributed by atoms with Crippen molar-refractivity contribution in [3.63, 3.8) is 0 Å². The molecule has 0 unspecified atom stereocenters. The Labute approximate surface area is 151 Å². The zero-order chi connectivity index (χ0) is 16.2. The molecule has 3 aromatic rings. The van der Waals surface area contributed by atoms with E-state index >= 15 is 0 Å². The molecule has 0 aliphatic heterocycles. The van der Waals surface area contributed by atoms with E-state index in [1.165, 1.54) is 16.2 Å². The third kappa shape index (κ3) is 3.94. The van der Waals surface area contributed by atoms with Gasteiger partial charge >= 0.3 is 0 Å². The topological polar surface area (TPSA) is 34.4 Å². The standard InChI is InChI=1S/C17H15BrN2OS2/c1-20-16-13(18)8-5-9-14(16)23-17(20)19-15(21)10-11-22-12-6-3-2-4-7-12/h2-9H,10-11H2,1H3. The van der Waals surface area contributed by atoms with Crippen molar-refractivity contribution in [2.45, 2.75) is 11.3 Å². The normalized spacial score (nSPS) is 12.0. The van der Waals surface area contributed by atoms with Gasteiger partial charge in [0.15, 0.2) is 4.80 Å². The predicted molar refractivity (Wildman–Crippen MR) is 101 cm³/mol. The highest BCUT2D eigenvalue weighted by molar-refractivity contribution is 9.10. The number of thioether (sulfide) groups is 1. The van der Waals surface area contributed by atoms with Crippen molar-refractivity contribution in [1.82, 2.24) is 4.57 Å². The highest BCUT2D eigenvalue weighted by Gasteiger charge is 2.07. The fourth-order valence-electron chi connectivity index (χ4n) is 2.20. The molecular weight excluding hydrogens is 392 g/mol. The second-order valence-electron chi connectivity index (χ2n) is 4.95. The molecule has 118 valence electrons. The first-order chi connectivity index (χ1) is 11.1. The Hall–Kier alpha value is -1.37. The molecule has 6 heteroatoms. The van der Waals surface area contributed by atoms with Crippen LogP contribution >= 0.6 is 39.0 Å². The van der Waals surface area contributed by atoms with Crippen LogP contribution in [0.15, 0.2) is 62.9 Å². The van der Waals surface area contributed by atoms with E-state index in [0.29, 0.717) is 6.42 Å². The summed E-state index contributed by atoms with van der Waals surface area (Å²) in [5.74, 6) is 0.664. The van der Waals surface area contributed by atoms with Crippen LogP contribution in [-0.4, -0.2) is 16.2 Å². The highest BCUT2D eigenvalue weighted by atomic mass is 79.9. The molecule has 3 nitrogen and oxygen atoms in total. The monoisotopic (exact) mass is 406 g/mol. The molecule has 0 bridgehead atoms. The summed E-state index contributed by atoms with van der Waals surface area (Å²) in [7, 11) is 1.94. The molecule has 0 aliphatic rings. The highest BCUT2D eigenvalue weighted by Crippen LogP contribution is 2.25. The minimum atomic E-state index is -0.0771. The molecule has 0 atom stereocenters. The van der Waals surface area contributed by atoms with E-state index in [1.807, 2.05) is 48.0 Å². The Balaban J connectivity index is 1.72. The van der Waals surface area contributed by atoms with Crippen LogP contribution in [0.5, 0.6) is 0 Å². The fourth-order valence-corrected chi connectivity index (χ4v) is 4.89. The van der Waals surface area contributed by atoms with E-state index < -0.39 is 0 Å². The van der Waals surface area contributed by atoms with Gasteiger partial charge in [-0.1, -0.05) is 35.6 Å². The van der Waals surface area contributed by atoms with E-state index in [4.69, 9.17) is 0 Å². The molecule has 2 aromatic carbocycles. The van der Waals surface area contributed by atoms with Gasteiger partial charge in [-0.15, -0.1) is 11.8 Å². The number of carbonyl (C=O) groups is 1. The first kappa shape index (κ1) is 16.5. The summed E-state index contributed by atoms with van der Waals surface area (Å²) < 4.78 is 4.10. The van der Waals surface area contributed by atoms with Crippen LogP contribution < -0.4 is 4.80 Å². The Bertz CT molecular complexity index is 900. The molecule has 0 saturated carbocycles. The van der Waals surface area contributed by atoms with Gasteiger partial charge in [-0.3, -0.25) is 4.79 Å². The van der Waals surface area contributed by atoms with Gasteiger partial charge in [0.25, 0.3) is 0 Å². The molecule has 0 aliphatic carbocycles. The van der Waals surface area contributed by atoms with Crippen LogP contribution in [0.25, 0.3) is 10.2 Å². The number of benzene rings is 2. The Morgan fingerprint density at radius 3 is 2.74 bits per heavy atom. The Morgan fingerprint density at radius 2 is 2.00 bits per heavy atom. The zero-order valence-corrected chi connectivity index (χ0v) is 15.7. The lowest BCUT2D eigenvalue weighted by atomic mass is 10.3. The molecule has 0 saturated heterocycles. The molecule has 3 rings (SSSR count). The summed E-state index contributed by atoms with van der Waals surface area (Å²) in [5.41, 5.74) is 1.07. The van der Waals surface area contributed by atoms with Crippen LogP contribution in [0.1, 0.15) is 6.42 Å². The van der Waals surface area contributed by atoms with Gasteiger partial charge in [0.05, 0.1) is 10.2 Å². The van der Waals surface area contributed by atoms with Crippen LogP contribution in [0.3, 0.4) is 0 Å². The minimum absolute atomic E-state index is 0.0771. The summed E-state index contributed by atoms with van der Waals surface area (Å²) in [5, 5.41) is 0. The number of halogens is 1. The Kier molecular flexibility index (Phi) is 5.35.